The molecular formula is C12H11ClN2O. The van der Waals surface area contributed by atoms with Crippen molar-refractivity contribution in [2.45, 2.75) is 13.3 Å². The molecule has 2 aromatic rings. The van der Waals surface area contributed by atoms with E-state index in [9.17, 15) is 4.79 Å². The lowest BCUT2D eigenvalue weighted by molar-refractivity contribution is 0.0964. The van der Waals surface area contributed by atoms with E-state index < -0.39 is 0 Å². The third-order valence-electron chi connectivity index (χ3n) is 3.23. The molecule has 82 valence electrons. The van der Waals surface area contributed by atoms with E-state index in [1.165, 1.54) is 0 Å². The summed E-state index contributed by atoms with van der Waals surface area (Å²) in [5.74, 6) is 0.872. The van der Waals surface area contributed by atoms with Crippen LogP contribution in [-0.4, -0.2) is 15.8 Å². The Morgan fingerprint density at radius 1 is 1.62 bits per heavy atom. The van der Waals surface area contributed by atoms with Gasteiger partial charge in [0.2, 0.25) is 0 Å². The van der Waals surface area contributed by atoms with Crippen molar-refractivity contribution in [2.75, 3.05) is 0 Å². The lowest BCUT2D eigenvalue weighted by Crippen LogP contribution is -2.01. The molecule has 1 saturated carbocycles. The van der Waals surface area contributed by atoms with Crippen LogP contribution in [-0.2, 0) is 0 Å². The van der Waals surface area contributed by atoms with Crippen molar-refractivity contribution < 1.29 is 4.79 Å². The van der Waals surface area contributed by atoms with Crippen LogP contribution in [0.5, 0.6) is 0 Å². The maximum atomic E-state index is 12.1. The Balaban J connectivity index is 2.13. The highest BCUT2D eigenvalue weighted by Gasteiger charge is 2.40. The van der Waals surface area contributed by atoms with Gasteiger partial charge in [-0.1, -0.05) is 18.5 Å². The van der Waals surface area contributed by atoms with Crippen molar-refractivity contribution in [1.82, 2.24) is 9.97 Å². The minimum atomic E-state index is 0.176. The zero-order valence-corrected chi connectivity index (χ0v) is 9.58. The highest BCUT2D eigenvalue weighted by molar-refractivity contribution is 6.36. The predicted octanol–water partition coefficient (Wildman–Crippen LogP) is 3.06. The summed E-state index contributed by atoms with van der Waals surface area (Å²) < 4.78 is 0. The van der Waals surface area contributed by atoms with Crippen LogP contribution in [0.2, 0.25) is 5.02 Å². The Kier molecular flexibility index (Phi) is 2.04. The average molecular weight is 235 g/mol. The van der Waals surface area contributed by atoms with Gasteiger partial charge in [-0.05, 0) is 18.4 Å². The molecule has 2 heterocycles. The first kappa shape index (κ1) is 9.85. The largest absolute Gasteiger partial charge is 0.345 e. The first-order valence-electron chi connectivity index (χ1n) is 5.34. The number of ketones is 1. The molecule has 1 N–H and O–H groups in total. The van der Waals surface area contributed by atoms with Crippen molar-refractivity contribution >= 4 is 28.4 Å². The molecule has 16 heavy (non-hydrogen) atoms. The second kappa shape index (κ2) is 3.32. The molecule has 0 spiro atoms. The van der Waals surface area contributed by atoms with Crippen LogP contribution in [0.1, 0.15) is 23.7 Å². The summed E-state index contributed by atoms with van der Waals surface area (Å²) in [5.41, 5.74) is 1.37. The van der Waals surface area contributed by atoms with E-state index in [0.717, 1.165) is 11.8 Å². The topological polar surface area (TPSA) is 45.8 Å². The Hall–Kier alpha value is -1.35. The van der Waals surface area contributed by atoms with Crippen molar-refractivity contribution in [1.29, 1.82) is 0 Å². The second-order valence-corrected chi connectivity index (χ2v) is 4.81. The number of nitrogens with zero attached hydrogens (tertiary/aromatic N) is 1. The molecule has 0 radical (unpaired) electrons. The zero-order chi connectivity index (χ0) is 11.3. The minimum absolute atomic E-state index is 0.176. The molecular weight excluding hydrogens is 224 g/mol. The average Bonchev–Trinajstić information content (AvgIpc) is 2.83. The molecule has 0 saturated heterocycles. The van der Waals surface area contributed by atoms with Crippen LogP contribution in [0.15, 0.2) is 18.5 Å². The molecule has 0 bridgehead atoms. The van der Waals surface area contributed by atoms with Gasteiger partial charge in [-0.3, -0.25) is 4.79 Å². The highest BCUT2D eigenvalue weighted by Crippen LogP contribution is 2.41. The number of pyridine rings is 1. The van der Waals surface area contributed by atoms with E-state index in [1.54, 1.807) is 18.5 Å². The van der Waals surface area contributed by atoms with Crippen LogP contribution >= 0.6 is 11.6 Å². The molecule has 2 unspecified atom stereocenters. The Morgan fingerprint density at radius 3 is 3.06 bits per heavy atom. The number of fused-ring (bicyclic) bond motifs is 1. The number of aromatic nitrogens is 2. The van der Waals surface area contributed by atoms with Gasteiger partial charge in [0.1, 0.15) is 5.65 Å². The van der Waals surface area contributed by atoms with Crippen LogP contribution < -0.4 is 0 Å². The first-order chi connectivity index (χ1) is 7.68. The van der Waals surface area contributed by atoms with Gasteiger partial charge in [0.25, 0.3) is 0 Å². The van der Waals surface area contributed by atoms with E-state index in [4.69, 9.17) is 11.6 Å². The quantitative estimate of drug-likeness (QED) is 0.812. The standard InChI is InChI=1S/C12H11ClN2O/c1-6-4-7(6)11(16)8-5-15-12-10(8)9(13)2-3-14-12/h2-3,5-7H,4H2,1H3,(H,14,15). The van der Waals surface area contributed by atoms with Crippen molar-refractivity contribution in [3.05, 3.63) is 29.0 Å². The molecule has 1 aliphatic rings. The van der Waals surface area contributed by atoms with Crippen LogP contribution in [0, 0.1) is 11.8 Å². The SMILES string of the molecule is CC1CC1C(=O)c1c[nH]c2nccc(Cl)c12. The third-order valence-corrected chi connectivity index (χ3v) is 3.55. The monoisotopic (exact) mass is 234 g/mol. The smallest absolute Gasteiger partial charge is 0.168 e. The third kappa shape index (κ3) is 1.35. The Labute approximate surface area is 97.8 Å². The fourth-order valence-electron chi connectivity index (χ4n) is 2.10. The highest BCUT2D eigenvalue weighted by atomic mass is 35.5. The van der Waals surface area contributed by atoms with E-state index in [2.05, 4.69) is 16.9 Å². The molecule has 2 aromatic heterocycles. The fourth-order valence-corrected chi connectivity index (χ4v) is 2.35. The molecule has 3 nitrogen and oxygen atoms in total. The number of carbonyl (C=O) groups is 1. The maximum absolute atomic E-state index is 12.1. The molecule has 3 rings (SSSR count). The predicted molar refractivity (Wildman–Crippen MR) is 62.7 cm³/mol. The summed E-state index contributed by atoms with van der Waals surface area (Å²) in [5, 5.41) is 1.34. The minimum Gasteiger partial charge on any atom is -0.345 e. The van der Waals surface area contributed by atoms with Gasteiger partial charge in [0.05, 0.1) is 5.02 Å². The van der Waals surface area contributed by atoms with Gasteiger partial charge in [0, 0.05) is 29.3 Å². The van der Waals surface area contributed by atoms with E-state index in [1.807, 2.05) is 0 Å². The van der Waals surface area contributed by atoms with Crippen molar-refractivity contribution in [3.8, 4) is 0 Å². The molecule has 0 aliphatic heterocycles. The molecule has 0 aromatic carbocycles. The summed E-state index contributed by atoms with van der Waals surface area (Å²) >= 11 is 6.10. The van der Waals surface area contributed by atoms with Gasteiger partial charge < -0.3 is 4.98 Å². The normalized spacial score (nSPS) is 23.6. The van der Waals surface area contributed by atoms with Crippen LogP contribution in [0.4, 0.5) is 0 Å². The number of Topliss-reactive ketones (excluding diaryl/α,β-unsaturated/α-hetero) is 1. The molecule has 0 amide bonds. The number of nitrogens with one attached hydrogen (secondary N) is 1. The summed E-state index contributed by atoms with van der Waals surface area (Å²) in [7, 11) is 0. The van der Waals surface area contributed by atoms with Gasteiger partial charge in [-0.15, -0.1) is 0 Å². The maximum Gasteiger partial charge on any atom is 0.168 e. The summed E-state index contributed by atoms with van der Waals surface area (Å²) in [6.07, 6.45) is 4.34. The second-order valence-electron chi connectivity index (χ2n) is 4.40. The van der Waals surface area contributed by atoms with Crippen molar-refractivity contribution in [3.63, 3.8) is 0 Å². The first-order valence-corrected chi connectivity index (χ1v) is 5.72. The number of aromatic amines is 1. The number of carbonyl (C=O) groups excluding carboxylic acids is 1. The van der Waals surface area contributed by atoms with Gasteiger partial charge >= 0.3 is 0 Å². The Bertz CT molecular complexity index is 575. The number of H-pyrrole nitrogens is 1. The van der Waals surface area contributed by atoms with Crippen LogP contribution in [0.25, 0.3) is 11.0 Å². The lowest BCUT2D eigenvalue weighted by atomic mass is 10.1. The lowest BCUT2D eigenvalue weighted by Gasteiger charge is -1.98. The van der Waals surface area contributed by atoms with Gasteiger partial charge in [-0.25, -0.2) is 4.98 Å². The van der Waals surface area contributed by atoms with Gasteiger partial charge in [-0.2, -0.15) is 0 Å². The number of hydrogen-bond donors (Lipinski definition) is 1. The Morgan fingerprint density at radius 2 is 2.38 bits per heavy atom. The van der Waals surface area contributed by atoms with E-state index in [0.29, 0.717) is 22.2 Å². The van der Waals surface area contributed by atoms with E-state index >= 15 is 0 Å². The summed E-state index contributed by atoms with van der Waals surface area (Å²) in [4.78, 5) is 19.3. The molecule has 1 fully saturated rings. The molecule has 1 aliphatic carbocycles. The van der Waals surface area contributed by atoms with E-state index in [-0.39, 0.29) is 11.7 Å². The van der Waals surface area contributed by atoms with Crippen LogP contribution in [0.3, 0.4) is 0 Å². The summed E-state index contributed by atoms with van der Waals surface area (Å²) in [6.45, 7) is 2.09. The van der Waals surface area contributed by atoms with Gasteiger partial charge in [0.15, 0.2) is 5.78 Å². The number of rotatable bonds is 2. The summed E-state index contributed by atoms with van der Waals surface area (Å²) in [6, 6.07) is 1.71. The molecule has 4 heteroatoms. The fraction of sp³-hybridized carbons (Fsp3) is 0.333. The molecule has 2 atom stereocenters. The number of halogens is 1. The zero-order valence-electron chi connectivity index (χ0n) is 8.83. The number of hydrogen-bond acceptors (Lipinski definition) is 2. The van der Waals surface area contributed by atoms with Crippen molar-refractivity contribution in [2.24, 2.45) is 11.8 Å².